The lowest BCUT2D eigenvalue weighted by molar-refractivity contribution is 0.102. The number of aliphatic hydroxyl groups is 1. The number of amides is 1. The summed E-state index contributed by atoms with van der Waals surface area (Å²) in [4.78, 5) is 12.7. The maximum atomic E-state index is 12.7. The number of nitrogens with one attached hydrogen (secondary N) is 1. The largest absolute Gasteiger partial charge is 0.389 e. The van der Waals surface area contributed by atoms with Crippen LogP contribution in [0.5, 0.6) is 0 Å². The molecule has 1 aromatic heterocycles. The van der Waals surface area contributed by atoms with Gasteiger partial charge in [0.1, 0.15) is 0 Å². The minimum atomic E-state index is -0.580. The summed E-state index contributed by atoms with van der Waals surface area (Å²) in [6.07, 6.45) is 1.64. The molecule has 0 aliphatic carbocycles. The number of aryl methyl sites for hydroxylation is 1. The first-order chi connectivity index (χ1) is 12.0. The van der Waals surface area contributed by atoms with E-state index in [0.29, 0.717) is 17.7 Å². The highest BCUT2D eigenvalue weighted by Crippen LogP contribution is 2.19. The minimum absolute atomic E-state index is 0.207. The quantitative estimate of drug-likeness (QED) is 0.752. The van der Waals surface area contributed by atoms with Crippen molar-refractivity contribution in [2.24, 2.45) is 7.05 Å². The molecular weight excluding hydrogens is 314 g/mol. The van der Waals surface area contributed by atoms with Gasteiger partial charge in [-0.25, -0.2) is 0 Å². The highest BCUT2D eigenvalue weighted by Gasteiger charge is 2.17. The third-order valence-electron chi connectivity index (χ3n) is 4.15. The van der Waals surface area contributed by atoms with Crippen LogP contribution in [0, 0.1) is 0 Å². The summed E-state index contributed by atoms with van der Waals surface area (Å²) in [7, 11) is 1.84. The highest BCUT2D eigenvalue weighted by molar-refractivity contribution is 6.05. The number of aliphatic hydroxyl groups excluding tert-OH is 1. The summed E-state index contributed by atoms with van der Waals surface area (Å²) in [5.74, 6) is -0.207. The molecule has 1 amide bonds. The van der Waals surface area contributed by atoms with E-state index in [1.165, 1.54) is 0 Å². The lowest BCUT2D eigenvalue weighted by atomic mass is 10.1. The second-order valence-corrected chi connectivity index (χ2v) is 6.05. The van der Waals surface area contributed by atoms with Crippen molar-refractivity contribution < 1.29 is 9.90 Å². The number of aromatic nitrogens is 2. The summed E-state index contributed by atoms with van der Waals surface area (Å²) in [6, 6.07) is 17.2. The van der Waals surface area contributed by atoms with Crippen molar-refractivity contribution in [3.8, 4) is 0 Å². The Morgan fingerprint density at radius 1 is 1.20 bits per heavy atom. The van der Waals surface area contributed by atoms with Gasteiger partial charge in [-0.1, -0.05) is 42.5 Å². The molecule has 2 N–H and O–H groups in total. The Morgan fingerprint density at radius 3 is 2.68 bits per heavy atom. The van der Waals surface area contributed by atoms with Crippen molar-refractivity contribution in [1.82, 2.24) is 9.78 Å². The predicted octanol–water partition coefficient (Wildman–Crippen LogP) is 3.32. The molecule has 0 bridgehead atoms. The van der Waals surface area contributed by atoms with Crippen LogP contribution < -0.4 is 5.32 Å². The Hall–Kier alpha value is -2.92. The van der Waals surface area contributed by atoms with Gasteiger partial charge in [0.15, 0.2) is 0 Å². The Morgan fingerprint density at radius 2 is 1.96 bits per heavy atom. The Kier molecular flexibility index (Phi) is 4.95. The van der Waals surface area contributed by atoms with Crippen LogP contribution in [0.25, 0.3) is 0 Å². The molecule has 5 heteroatoms. The van der Waals surface area contributed by atoms with Crippen molar-refractivity contribution in [3.05, 3.63) is 83.2 Å². The number of benzene rings is 2. The van der Waals surface area contributed by atoms with Crippen LogP contribution in [0.3, 0.4) is 0 Å². The van der Waals surface area contributed by atoms with E-state index >= 15 is 0 Å². The average molecular weight is 335 g/mol. The first-order valence-corrected chi connectivity index (χ1v) is 8.19. The van der Waals surface area contributed by atoms with Crippen LogP contribution in [0.15, 0.2) is 60.8 Å². The first kappa shape index (κ1) is 16.9. The molecule has 25 heavy (non-hydrogen) atoms. The van der Waals surface area contributed by atoms with Crippen LogP contribution in [-0.4, -0.2) is 20.8 Å². The SMILES string of the molecule is C[C@@H](O)c1cccc(NC(=O)c2cnn(C)c2Cc2ccccc2)c1. The fourth-order valence-electron chi connectivity index (χ4n) is 2.73. The average Bonchev–Trinajstić information content (AvgIpc) is 2.97. The van der Waals surface area contributed by atoms with Gasteiger partial charge in [-0.15, -0.1) is 0 Å². The third-order valence-corrected chi connectivity index (χ3v) is 4.15. The molecule has 5 nitrogen and oxygen atoms in total. The van der Waals surface area contributed by atoms with E-state index in [9.17, 15) is 9.90 Å². The van der Waals surface area contributed by atoms with Crippen molar-refractivity contribution in [2.75, 3.05) is 5.32 Å². The monoisotopic (exact) mass is 335 g/mol. The van der Waals surface area contributed by atoms with E-state index in [-0.39, 0.29) is 5.91 Å². The summed E-state index contributed by atoms with van der Waals surface area (Å²) < 4.78 is 1.73. The van der Waals surface area contributed by atoms with Crippen LogP contribution >= 0.6 is 0 Å². The van der Waals surface area contributed by atoms with E-state index in [4.69, 9.17) is 0 Å². The molecule has 0 saturated carbocycles. The fraction of sp³-hybridized carbons (Fsp3) is 0.200. The molecule has 1 heterocycles. The van der Waals surface area contributed by atoms with Gasteiger partial charge >= 0.3 is 0 Å². The highest BCUT2D eigenvalue weighted by atomic mass is 16.3. The predicted molar refractivity (Wildman–Crippen MR) is 97.5 cm³/mol. The zero-order valence-corrected chi connectivity index (χ0v) is 14.3. The zero-order valence-electron chi connectivity index (χ0n) is 14.3. The lowest BCUT2D eigenvalue weighted by Crippen LogP contribution is -2.15. The Balaban J connectivity index is 1.82. The topological polar surface area (TPSA) is 67.2 Å². The molecule has 2 aromatic carbocycles. The number of hydrogen-bond acceptors (Lipinski definition) is 3. The summed E-state index contributed by atoms with van der Waals surface area (Å²) in [5.41, 5.74) is 3.94. The van der Waals surface area contributed by atoms with Crippen molar-refractivity contribution >= 4 is 11.6 Å². The molecule has 0 aliphatic heterocycles. The Bertz CT molecular complexity index is 870. The van der Waals surface area contributed by atoms with Crippen molar-refractivity contribution in [1.29, 1.82) is 0 Å². The van der Waals surface area contributed by atoms with Gasteiger partial charge in [-0.3, -0.25) is 9.48 Å². The first-order valence-electron chi connectivity index (χ1n) is 8.19. The van der Waals surface area contributed by atoms with Gasteiger partial charge in [-0.05, 0) is 30.2 Å². The summed E-state index contributed by atoms with van der Waals surface area (Å²) in [5, 5.41) is 16.8. The number of anilines is 1. The van der Waals surface area contributed by atoms with Crippen LogP contribution in [0.4, 0.5) is 5.69 Å². The van der Waals surface area contributed by atoms with Gasteiger partial charge < -0.3 is 10.4 Å². The summed E-state index contributed by atoms with van der Waals surface area (Å²) in [6.45, 7) is 1.69. The maximum absolute atomic E-state index is 12.7. The second-order valence-electron chi connectivity index (χ2n) is 6.05. The number of nitrogens with zero attached hydrogens (tertiary/aromatic N) is 2. The van der Waals surface area contributed by atoms with Crippen molar-refractivity contribution in [3.63, 3.8) is 0 Å². The second kappa shape index (κ2) is 7.32. The molecule has 3 aromatic rings. The maximum Gasteiger partial charge on any atom is 0.259 e. The van der Waals surface area contributed by atoms with E-state index in [0.717, 1.165) is 16.8 Å². The summed E-state index contributed by atoms with van der Waals surface area (Å²) >= 11 is 0. The van der Waals surface area contributed by atoms with Gasteiger partial charge in [0.05, 0.1) is 23.6 Å². The van der Waals surface area contributed by atoms with Crippen LogP contribution in [-0.2, 0) is 13.5 Å². The lowest BCUT2D eigenvalue weighted by Gasteiger charge is -2.10. The molecule has 1 atom stereocenters. The van der Waals surface area contributed by atoms with Gasteiger partial charge in [-0.2, -0.15) is 5.10 Å². The molecule has 0 spiro atoms. The number of carbonyl (C=O) groups excluding carboxylic acids is 1. The molecule has 0 saturated heterocycles. The van der Waals surface area contributed by atoms with Gasteiger partial charge in [0.2, 0.25) is 0 Å². The smallest absolute Gasteiger partial charge is 0.259 e. The van der Waals surface area contributed by atoms with Gasteiger partial charge in [0, 0.05) is 19.2 Å². The molecule has 3 rings (SSSR count). The fourth-order valence-corrected chi connectivity index (χ4v) is 2.73. The van der Waals surface area contributed by atoms with Crippen LogP contribution in [0.1, 0.15) is 40.2 Å². The van der Waals surface area contributed by atoms with E-state index < -0.39 is 6.10 Å². The van der Waals surface area contributed by atoms with E-state index in [1.54, 1.807) is 29.9 Å². The molecule has 0 radical (unpaired) electrons. The molecule has 0 unspecified atom stereocenters. The van der Waals surface area contributed by atoms with Gasteiger partial charge in [0.25, 0.3) is 5.91 Å². The van der Waals surface area contributed by atoms with E-state index in [1.807, 2.05) is 49.5 Å². The molecule has 0 fully saturated rings. The number of rotatable bonds is 5. The van der Waals surface area contributed by atoms with Crippen molar-refractivity contribution in [2.45, 2.75) is 19.4 Å². The standard InChI is InChI=1S/C20H21N3O2/c1-14(24)16-9-6-10-17(12-16)22-20(25)18-13-21-23(2)19(18)11-15-7-4-3-5-8-15/h3-10,12-14,24H,11H2,1-2H3,(H,22,25)/t14-/m1/s1. The zero-order chi connectivity index (χ0) is 17.8. The number of carbonyl (C=O) groups is 1. The molecule has 128 valence electrons. The number of hydrogen-bond donors (Lipinski definition) is 2. The third kappa shape index (κ3) is 3.95. The van der Waals surface area contributed by atoms with Crippen LogP contribution in [0.2, 0.25) is 0 Å². The van der Waals surface area contributed by atoms with E-state index in [2.05, 4.69) is 10.4 Å². The minimum Gasteiger partial charge on any atom is -0.389 e. The normalized spacial score (nSPS) is 12.0. The molecular formula is C20H21N3O2. The molecule has 0 aliphatic rings. The Labute approximate surface area is 146 Å².